The molecule has 1 aromatic heterocycles. The van der Waals surface area contributed by atoms with Gasteiger partial charge in [0.2, 0.25) is 0 Å². The highest BCUT2D eigenvalue weighted by molar-refractivity contribution is 5.95. The van der Waals surface area contributed by atoms with Crippen LogP contribution >= 0.6 is 0 Å². The zero-order chi connectivity index (χ0) is 15.2. The van der Waals surface area contributed by atoms with Gasteiger partial charge in [0.1, 0.15) is 5.69 Å². The standard InChI is InChI=1S/C14H15FN4O2/c1-21-13-3-2-10(7-11(13)15)18-8-9-4-5-17-12(6-9)14(16)19-20/h2-7,18,20H,8H2,1H3,(H2,16,19). The lowest BCUT2D eigenvalue weighted by atomic mass is 10.2. The summed E-state index contributed by atoms with van der Waals surface area (Å²) in [5, 5.41) is 14.6. The Bertz CT molecular complexity index is 661. The fraction of sp³-hybridized carbons (Fsp3) is 0.143. The number of benzene rings is 1. The molecule has 0 spiro atoms. The summed E-state index contributed by atoms with van der Waals surface area (Å²) in [7, 11) is 1.41. The number of amidine groups is 1. The molecule has 21 heavy (non-hydrogen) atoms. The molecule has 0 atom stereocenters. The molecular weight excluding hydrogens is 275 g/mol. The van der Waals surface area contributed by atoms with Crippen LogP contribution in [0.4, 0.5) is 10.1 Å². The number of aromatic nitrogens is 1. The number of hydrogen-bond donors (Lipinski definition) is 3. The number of pyridine rings is 1. The molecule has 0 radical (unpaired) electrons. The summed E-state index contributed by atoms with van der Waals surface area (Å²) >= 11 is 0. The SMILES string of the molecule is COc1ccc(NCc2ccnc(C(N)=NO)c2)cc1F. The van der Waals surface area contributed by atoms with Gasteiger partial charge in [-0.25, -0.2) is 4.39 Å². The van der Waals surface area contributed by atoms with Crippen molar-refractivity contribution in [3.63, 3.8) is 0 Å². The van der Waals surface area contributed by atoms with Gasteiger partial charge in [0.15, 0.2) is 17.4 Å². The molecule has 0 fully saturated rings. The number of rotatable bonds is 5. The number of hydrogen-bond acceptors (Lipinski definition) is 5. The van der Waals surface area contributed by atoms with E-state index in [1.807, 2.05) is 0 Å². The predicted octanol–water partition coefficient (Wildman–Crippen LogP) is 1.94. The van der Waals surface area contributed by atoms with Crippen LogP contribution in [0.2, 0.25) is 0 Å². The molecule has 7 heteroatoms. The van der Waals surface area contributed by atoms with Crippen molar-refractivity contribution < 1.29 is 14.3 Å². The van der Waals surface area contributed by atoms with Crippen molar-refractivity contribution in [1.29, 1.82) is 0 Å². The number of nitrogens with zero attached hydrogens (tertiary/aromatic N) is 2. The summed E-state index contributed by atoms with van der Waals surface area (Å²) in [6.45, 7) is 0.444. The first-order valence-electron chi connectivity index (χ1n) is 6.14. The third kappa shape index (κ3) is 3.59. The van der Waals surface area contributed by atoms with Gasteiger partial charge < -0.3 is 21.0 Å². The van der Waals surface area contributed by atoms with E-state index in [1.54, 1.807) is 30.5 Å². The average molecular weight is 290 g/mol. The fourth-order valence-corrected chi connectivity index (χ4v) is 1.76. The van der Waals surface area contributed by atoms with Gasteiger partial charge in [0.25, 0.3) is 0 Å². The van der Waals surface area contributed by atoms with Gasteiger partial charge in [-0.2, -0.15) is 0 Å². The molecule has 0 aliphatic rings. The maximum atomic E-state index is 13.6. The van der Waals surface area contributed by atoms with Crippen LogP contribution in [0.25, 0.3) is 0 Å². The van der Waals surface area contributed by atoms with E-state index in [9.17, 15) is 4.39 Å². The van der Waals surface area contributed by atoms with Crippen molar-refractivity contribution in [2.24, 2.45) is 10.9 Å². The Morgan fingerprint density at radius 1 is 1.43 bits per heavy atom. The van der Waals surface area contributed by atoms with Crippen molar-refractivity contribution in [3.05, 3.63) is 53.6 Å². The number of ether oxygens (including phenoxy) is 1. The Balaban J connectivity index is 2.08. The Hall–Kier alpha value is -2.83. The highest BCUT2D eigenvalue weighted by Crippen LogP contribution is 2.21. The maximum Gasteiger partial charge on any atom is 0.188 e. The summed E-state index contributed by atoms with van der Waals surface area (Å²) in [5.74, 6) is -0.305. The summed E-state index contributed by atoms with van der Waals surface area (Å²) in [5.41, 5.74) is 7.33. The van der Waals surface area contributed by atoms with Gasteiger partial charge in [-0.05, 0) is 29.8 Å². The summed E-state index contributed by atoms with van der Waals surface area (Å²) < 4.78 is 18.4. The molecule has 1 aromatic carbocycles. The lowest BCUT2D eigenvalue weighted by Crippen LogP contribution is -2.15. The Kier molecular flexibility index (Phi) is 4.55. The van der Waals surface area contributed by atoms with E-state index in [4.69, 9.17) is 15.7 Å². The number of methoxy groups -OCH3 is 1. The molecule has 0 unspecified atom stereocenters. The van der Waals surface area contributed by atoms with E-state index in [0.717, 1.165) is 5.56 Å². The molecule has 0 bridgehead atoms. The van der Waals surface area contributed by atoms with E-state index in [1.165, 1.54) is 13.2 Å². The minimum atomic E-state index is -0.436. The molecule has 0 aliphatic carbocycles. The lowest BCUT2D eigenvalue weighted by Gasteiger charge is -2.09. The normalized spacial score (nSPS) is 11.2. The largest absolute Gasteiger partial charge is 0.494 e. The van der Waals surface area contributed by atoms with Gasteiger partial charge in [0, 0.05) is 24.5 Å². The molecule has 0 saturated carbocycles. The molecule has 1 heterocycles. The Morgan fingerprint density at radius 2 is 2.24 bits per heavy atom. The number of nitrogens with one attached hydrogen (secondary N) is 1. The molecule has 0 aliphatic heterocycles. The molecule has 110 valence electrons. The van der Waals surface area contributed by atoms with E-state index in [2.05, 4.69) is 15.5 Å². The summed E-state index contributed by atoms with van der Waals surface area (Å²) in [6.07, 6.45) is 1.55. The first kappa shape index (κ1) is 14.6. The summed E-state index contributed by atoms with van der Waals surface area (Å²) in [4.78, 5) is 3.98. The zero-order valence-electron chi connectivity index (χ0n) is 11.4. The van der Waals surface area contributed by atoms with Crippen LogP contribution in [0.1, 0.15) is 11.3 Å². The second kappa shape index (κ2) is 6.56. The summed E-state index contributed by atoms with van der Waals surface area (Å²) in [6, 6.07) is 8.08. The molecule has 0 saturated heterocycles. The van der Waals surface area contributed by atoms with Crippen molar-refractivity contribution in [3.8, 4) is 5.75 Å². The Morgan fingerprint density at radius 3 is 2.90 bits per heavy atom. The van der Waals surface area contributed by atoms with Crippen molar-refractivity contribution in [2.45, 2.75) is 6.54 Å². The van der Waals surface area contributed by atoms with Gasteiger partial charge in [-0.15, -0.1) is 0 Å². The van der Waals surface area contributed by atoms with Crippen LogP contribution in [0.3, 0.4) is 0 Å². The van der Waals surface area contributed by atoms with E-state index in [-0.39, 0.29) is 11.6 Å². The van der Waals surface area contributed by atoms with Crippen LogP contribution in [0.5, 0.6) is 5.75 Å². The van der Waals surface area contributed by atoms with Crippen LogP contribution in [0.15, 0.2) is 41.7 Å². The molecule has 4 N–H and O–H groups in total. The topological polar surface area (TPSA) is 92.8 Å². The molecule has 0 amide bonds. The molecule has 6 nitrogen and oxygen atoms in total. The predicted molar refractivity (Wildman–Crippen MR) is 77.0 cm³/mol. The van der Waals surface area contributed by atoms with Crippen LogP contribution in [0, 0.1) is 5.82 Å². The van der Waals surface area contributed by atoms with Crippen LogP contribution in [-0.4, -0.2) is 23.1 Å². The molecular formula is C14H15FN4O2. The first-order valence-corrected chi connectivity index (χ1v) is 6.14. The van der Waals surface area contributed by atoms with Gasteiger partial charge in [-0.3, -0.25) is 4.98 Å². The lowest BCUT2D eigenvalue weighted by molar-refractivity contribution is 0.318. The van der Waals surface area contributed by atoms with Crippen LogP contribution < -0.4 is 15.8 Å². The van der Waals surface area contributed by atoms with E-state index in [0.29, 0.717) is 17.9 Å². The fourth-order valence-electron chi connectivity index (χ4n) is 1.76. The number of anilines is 1. The monoisotopic (exact) mass is 290 g/mol. The van der Waals surface area contributed by atoms with Crippen molar-refractivity contribution in [2.75, 3.05) is 12.4 Å². The van der Waals surface area contributed by atoms with Gasteiger partial charge in [0.05, 0.1) is 7.11 Å². The van der Waals surface area contributed by atoms with Gasteiger partial charge in [-0.1, -0.05) is 5.16 Å². The molecule has 2 rings (SSSR count). The van der Waals surface area contributed by atoms with Crippen molar-refractivity contribution in [1.82, 2.24) is 4.98 Å². The van der Waals surface area contributed by atoms with Gasteiger partial charge >= 0.3 is 0 Å². The van der Waals surface area contributed by atoms with Crippen molar-refractivity contribution >= 4 is 11.5 Å². The number of oxime groups is 1. The van der Waals surface area contributed by atoms with E-state index >= 15 is 0 Å². The smallest absolute Gasteiger partial charge is 0.188 e. The quantitative estimate of drug-likeness (QED) is 0.339. The third-order valence-electron chi connectivity index (χ3n) is 2.84. The van der Waals surface area contributed by atoms with Crippen LogP contribution in [-0.2, 0) is 6.54 Å². The maximum absolute atomic E-state index is 13.6. The minimum Gasteiger partial charge on any atom is -0.494 e. The number of halogens is 1. The second-order valence-electron chi connectivity index (χ2n) is 4.24. The van der Waals surface area contributed by atoms with E-state index < -0.39 is 5.82 Å². The highest BCUT2D eigenvalue weighted by Gasteiger charge is 2.05. The molecule has 2 aromatic rings. The minimum absolute atomic E-state index is 0.0626. The number of nitrogens with two attached hydrogens (primary N) is 1. The third-order valence-corrected chi connectivity index (χ3v) is 2.84. The Labute approximate surface area is 121 Å². The zero-order valence-corrected chi connectivity index (χ0v) is 11.4. The second-order valence-corrected chi connectivity index (χ2v) is 4.24. The first-order chi connectivity index (χ1) is 10.1. The highest BCUT2D eigenvalue weighted by atomic mass is 19.1. The average Bonchev–Trinajstić information content (AvgIpc) is 2.52.